The lowest BCUT2D eigenvalue weighted by molar-refractivity contribution is 0.758. The van der Waals surface area contributed by atoms with Crippen LogP contribution in [0.1, 0.15) is 18.9 Å². The zero-order valence-corrected chi connectivity index (χ0v) is 12.7. The maximum atomic E-state index is 5.13. The van der Waals surface area contributed by atoms with Crippen LogP contribution in [0.2, 0.25) is 0 Å². The van der Waals surface area contributed by atoms with Crippen LogP contribution in [-0.4, -0.2) is 23.3 Å². The number of thiocarbonyl (C=S) groups is 2. The lowest BCUT2D eigenvalue weighted by Gasteiger charge is -2.13. The standard InChI is InChI=1S/C13H20N4S2/c1-2-9-14-12(18)16-17-13(19)15-10-8-11-6-4-3-5-7-11/h3-7H,2,8-10H2,1H3,(H2,14,16,18)(H2,15,17,19). The summed E-state index contributed by atoms with van der Waals surface area (Å²) in [5.41, 5.74) is 6.96. The number of hydrazine groups is 1. The quantitative estimate of drug-likeness (QED) is 0.488. The maximum absolute atomic E-state index is 5.13. The van der Waals surface area contributed by atoms with Crippen LogP contribution in [0.25, 0.3) is 0 Å². The van der Waals surface area contributed by atoms with Gasteiger partial charge in [0.25, 0.3) is 0 Å². The topological polar surface area (TPSA) is 48.1 Å². The number of hydrogen-bond donors (Lipinski definition) is 4. The molecular weight excluding hydrogens is 276 g/mol. The second-order valence-electron chi connectivity index (χ2n) is 4.00. The van der Waals surface area contributed by atoms with Crippen molar-refractivity contribution in [2.24, 2.45) is 0 Å². The molecular formula is C13H20N4S2. The van der Waals surface area contributed by atoms with Crippen LogP contribution in [-0.2, 0) is 6.42 Å². The molecule has 1 aromatic carbocycles. The van der Waals surface area contributed by atoms with Crippen LogP contribution in [0.15, 0.2) is 30.3 Å². The normalized spacial score (nSPS) is 9.53. The third-order valence-corrected chi connectivity index (χ3v) is 2.86. The van der Waals surface area contributed by atoms with Crippen LogP contribution in [0, 0.1) is 0 Å². The monoisotopic (exact) mass is 296 g/mol. The Balaban J connectivity index is 2.10. The van der Waals surface area contributed by atoms with Crippen molar-refractivity contribution >= 4 is 34.7 Å². The summed E-state index contributed by atoms with van der Waals surface area (Å²) in [5, 5.41) is 7.24. The molecule has 19 heavy (non-hydrogen) atoms. The molecule has 6 heteroatoms. The first-order valence-electron chi connectivity index (χ1n) is 6.34. The molecule has 0 aliphatic heterocycles. The molecule has 0 heterocycles. The minimum atomic E-state index is 0.538. The number of benzene rings is 1. The molecule has 1 rings (SSSR count). The van der Waals surface area contributed by atoms with E-state index in [4.69, 9.17) is 24.4 Å². The van der Waals surface area contributed by atoms with E-state index in [9.17, 15) is 0 Å². The fourth-order valence-corrected chi connectivity index (χ4v) is 1.71. The summed E-state index contributed by atoms with van der Waals surface area (Å²) in [4.78, 5) is 0. The average molecular weight is 296 g/mol. The van der Waals surface area contributed by atoms with Crippen molar-refractivity contribution in [1.82, 2.24) is 21.5 Å². The molecule has 0 spiro atoms. The fourth-order valence-electron chi connectivity index (χ4n) is 1.41. The summed E-state index contributed by atoms with van der Waals surface area (Å²) in [6.07, 6.45) is 1.96. The van der Waals surface area contributed by atoms with E-state index in [0.717, 1.165) is 25.9 Å². The van der Waals surface area contributed by atoms with Gasteiger partial charge in [-0.1, -0.05) is 37.3 Å². The maximum Gasteiger partial charge on any atom is 0.185 e. The number of rotatable bonds is 5. The summed E-state index contributed by atoms with van der Waals surface area (Å²) in [7, 11) is 0. The summed E-state index contributed by atoms with van der Waals surface area (Å²) in [6.45, 7) is 3.72. The number of nitrogens with one attached hydrogen (secondary N) is 4. The molecule has 0 fully saturated rings. The second-order valence-corrected chi connectivity index (χ2v) is 4.81. The summed E-state index contributed by atoms with van der Waals surface area (Å²) >= 11 is 10.2. The van der Waals surface area contributed by atoms with E-state index in [2.05, 4.69) is 40.5 Å². The molecule has 0 aliphatic rings. The molecule has 0 aliphatic carbocycles. The van der Waals surface area contributed by atoms with Gasteiger partial charge in [-0.15, -0.1) is 0 Å². The van der Waals surface area contributed by atoms with Crippen molar-refractivity contribution in [2.75, 3.05) is 13.1 Å². The van der Waals surface area contributed by atoms with E-state index in [1.165, 1.54) is 5.56 Å². The van der Waals surface area contributed by atoms with Crippen molar-refractivity contribution in [3.05, 3.63) is 35.9 Å². The van der Waals surface area contributed by atoms with Crippen molar-refractivity contribution in [1.29, 1.82) is 0 Å². The van der Waals surface area contributed by atoms with Crippen LogP contribution in [0.4, 0.5) is 0 Å². The van der Waals surface area contributed by atoms with E-state index in [0.29, 0.717) is 10.2 Å². The third kappa shape index (κ3) is 7.58. The van der Waals surface area contributed by atoms with Gasteiger partial charge < -0.3 is 10.6 Å². The third-order valence-electron chi connectivity index (χ3n) is 2.37. The Kier molecular flexibility index (Phi) is 7.84. The van der Waals surface area contributed by atoms with Crippen LogP contribution >= 0.6 is 24.4 Å². The van der Waals surface area contributed by atoms with E-state index in [1.54, 1.807) is 0 Å². The average Bonchev–Trinajstić information content (AvgIpc) is 2.44. The van der Waals surface area contributed by atoms with Crippen molar-refractivity contribution in [2.45, 2.75) is 19.8 Å². The minimum Gasteiger partial charge on any atom is -0.361 e. The van der Waals surface area contributed by atoms with Gasteiger partial charge in [0.15, 0.2) is 10.2 Å². The Morgan fingerprint density at radius 2 is 1.53 bits per heavy atom. The second kappa shape index (κ2) is 9.52. The molecule has 0 saturated carbocycles. The highest BCUT2D eigenvalue weighted by molar-refractivity contribution is 7.80. The zero-order chi connectivity index (χ0) is 13.9. The Labute approximate surface area is 125 Å². The first-order chi connectivity index (χ1) is 9.22. The SMILES string of the molecule is CCCNC(=S)NNC(=S)NCCc1ccccc1. The Bertz CT molecular complexity index is 395. The van der Waals surface area contributed by atoms with Crippen molar-refractivity contribution < 1.29 is 0 Å². The molecule has 0 amide bonds. The lowest BCUT2D eigenvalue weighted by atomic mass is 10.1. The molecule has 0 unspecified atom stereocenters. The highest BCUT2D eigenvalue weighted by Gasteiger charge is 1.97. The highest BCUT2D eigenvalue weighted by atomic mass is 32.1. The van der Waals surface area contributed by atoms with Gasteiger partial charge in [-0.3, -0.25) is 10.9 Å². The molecule has 0 saturated heterocycles. The smallest absolute Gasteiger partial charge is 0.185 e. The molecule has 0 bridgehead atoms. The lowest BCUT2D eigenvalue weighted by Crippen LogP contribution is -2.50. The molecule has 0 radical (unpaired) electrons. The van der Waals surface area contributed by atoms with Crippen LogP contribution < -0.4 is 21.5 Å². The van der Waals surface area contributed by atoms with Crippen LogP contribution in [0.5, 0.6) is 0 Å². The van der Waals surface area contributed by atoms with E-state index >= 15 is 0 Å². The first-order valence-corrected chi connectivity index (χ1v) is 7.15. The summed E-state index contributed by atoms with van der Waals surface area (Å²) in [6, 6.07) is 10.3. The Hall–Kier alpha value is -1.40. The molecule has 0 aromatic heterocycles. The van der Waals surface area contributed by atoms with E-state index in [1.807, 2.05) is 18.2 Å². The minimum absolute atomic E-state index is 0.538. The van der Waals surface area contributed by atoms with Gasteiger partial charge in [-0.25, -0.2) is 0 Å². The summed E-state index contributed by atoms with van der Waals surface area (Å²) < 4.78 is 0. The van der Waals surface area contributed by atoms with Gasteiger partial charge in [0.2, 0.25) is 0 Å². The molecule has 1 aromatic rings. The molecule has 0 atom stereocenters. The summed E-state index contributed by atoms with van der Waals surface area (Å²) in [5.74, 6) is 0. The molecule has 4 nitrogen and oxygen atoms in total. The van der Waals surface area contributed by atoms with Crippen LogP contribution in [0.3, 0.4) is 0 Å². The molecule has 4 N–H and O–H groups in total. The Morgan fingerprint density at radius 1 is 0.947 bits per heavy atom. The largest absolute Gasteiger partial charge is 0.361 e. The van der Waals surface area contributed by atoms with Gasteiger partial charge in [-0.05, 0) is 42.8 Å². The first kappa shape index (κ1) is 15.7. The van der Waals surface area contributed by atoms with E-state index in [-0.39, 0.29) is 0 Å². The predicted molar refractivity (Wildman–Crippen MR) is 87.9 cm³/mol. The zero-order valence-electron chi connectivity index (χ0n) is 11.0. The van der Waals surface area contributed by atoms with Gasteiger partial charge in [-0.2, -0.15) is 0 Å². The number of hydrogen-bond acceptors (Lipinski definition) is 2. The highest BCUT2D eigenvalue weighted by Crippen LogP contribution is 1.97. The van der Waals surface area contributed by atoms with Gasteiger partial charge in [0.1, 0.15) is 0 Å². The Morgan fingerprint density at radius 3 is 2.11 bits per heavy atom. The van der Waals surface area contributed by atoms with Crippen molar-refractivity contribution in [3.8, 4) is 0 Å². The van der Waals surface area contributed by atoms with Gasteiger partial charge in [0, 0.05) is 13.1 Å². The van der Waals surface area contributed by atoms with Gasteiger partial charge in [0.05, 0.1) is 0 Å². The molecule has 104 valence electrons. The van der Waals surface area contributed by atoms with Crippen molar-refractivity contribution in [3.63, 3.8) is 0 Å². The predicted octanol–water partition coefficient (Wildman–Crippen LogP) is 1.48. The van der Waals surface area contributed by atoms with Gasteiger partial charge >= 0.3 is 0 Å². The fraction of sp³-hybridized carbons (Fsp3) is 0.385. The van der Waals surface area contributed by atoms with E-state index < -0.39 is 0 Å².